The number of thiophene rings is 1. The quantitative estimate of drug-likeness (QED) is 0.376. The molecule has 0 bridgehead atoms. The Morgan fingerprint density at radius 2 is 2.03 bits per heavy atom. The van der Waals surface area contributed by atoms with Crippen molar-refractivity contribution in [2.75, 3.05) is 24.6 Å². The van der Waals surface area contributed by atoms with E-state index < -0.39 is 0 Å². The first-order chi connectivity index (χ1) is 17.2. The van der Waals surface area contributed by atoms with Crippen LogP contribution in [-0.2, 0) is 0 Å². The van der Waals surface area contributed by atoms with Crippen molar-refractivity contribution in [2.45, 2.75) is 31.2 Å². The normalized spacial score (nSPS) is 24.2. The number of aromatic nitrogens is 1. The van der Waals surface area contributed by atoms with Gasteiger partial charge in [-0.3, -0.25) is 4.99 Å². The van der Waals surface area contributed by atoms with Crippen LogP contribution in [0.5, 0.6) is 0 Å². The van der Waals surface area contributed by atoms with Gasteiger partial charge in [0.1, 0.15) is 11.2 Å². The summed E-state index contributed by atoms with van der Waals surface area (Å²) in [4.78, 5) is 17.8. The molecule has 8 heteroatoms. The number of rotatable bonds is 6. The summed E-state index contributed by atoms with van der Waals surface area (Å²) in [5.74, 6) is 0. The van der Waals surface area contributed by atoms with Crippen molar-refractivity contribution in [2.24, 2.45) is 9.98 Å². The Balaban J connectivity index is 1.42. The zero-order valence-corrected chi connectivity index (χ0v) is 20.9. The molecular weight excluding hydrogens is 476 g/mol. The minimum atomic E-state index is -0.0476. The van der Waals surface area contributed by atoms with E-state index in [0.29, 0.717) is 4.59 Å². The molecule has 0 amide bonds. The molecule has 35 heavy (non-hydrogen) atoms. The summed E-state index contributed by atoms with van der Waals surface area (Å²) in [6.45, 7) is 3.36. The predicted molar refractivity (Wildman–Crippen MR) is 145 cm³/mol. The molecule has 1 saturated heterocycles. The lowest BCUT2D eigenvalue weighted by molar-refractivity contribution is -0.751. The van der Waals surface area contributed by atoms with Crippen molar-refractivity contribution in [3.05, 3.63) is 71.1 Å². The molecule has 6 nitrogen and oxygen atoms in total. The van der Waals surface area contributed by atoms with Crippen molar-refractivity contribution >= 4 is 52.1 Å². The summed E-state index contributed by atoms with van der Waals surface area (Å²) in [7, 11) is 0. The number of hydrogen-bond donors (Lipinski definition) is 0. The molecule has 4 aliphatic rings. The molecule has 5 heterocycles. The van der Waals surface area contributed by atoms with Gasteiger partial charge in [0.2, 0.25) is 12.0 Å². The third kappa shape index (κ3) is 3.33. The maximum atomic E-state index is 7.10. The van der Waals surface area contributed by atoms with Crippen LogP contribution in [0.1, 0.15) is 25.7 Å². The van der Waals surface area contributed by atoms with Crippen LogP contribution in [0.2, 0.25) is 5.02 Å². The van der Waals surface area contributed by atoms with Crippen molar-refractivity contribution < 1.29 is 4.59 Å². The topological polar surface area (TPSA) is 44.1 Å². The monoisotopic (exact) mass is 501 g/mol. The third-order valence-electron chi connectivity index (χ3n) is 7.74. The fraction of sp³-hybridized carbons (Fsp3) is 0.296. The van der Waals surface area contributed by atoms with Gasteiger partial charge in [-0.25, -0.2) is 9.98 Å². The molecule has 1 saturated carbocycles. The highest BCUT2D eigenvalue weighted by atomic mass is 35.5. The van der Waals surface area contributed by atoms with Gasteiger partial charge in [0.25, 0.3) is 0 Å². The average Bonchev–Trinajstić information content (AvgIpc) is 3.49. The van der Waals surface area contributed by atoms with Gasteiger partial charge in [0.15, 0.2) is 6.20 Å². The van der Waals surface area contributed by atoms with E-state index in [1.54, 1.807) is 11.3 Å². The van der Waals surface area contributed by atoms with Crippen LogP contribution in [-0.4, -0.2) is 52.2 Å². The lowest BCUT2D eigenvalue weighted by Crippen LogP contribution is -2.71. The summed E-state index contributed by atoms with van der Waals surface area (Å²) in [6, 6.07) is 12.6. The van der Waals surface area contributed by atoms with Gasteiger partial charge in [-0.1, -0.05) is 23.7 Å². The number of fused-ring (bicyclic) bond motifs is 2. The molecule has 0 radical (unpaired) electrons. The molecule has 2 fully saturated rings. The van der Waals surface area contributed by atoms with Gasteiger partial charge < -0.3 is 4.90 Å². The third-order valence-corrected chi connectivity index (χ3v) is 8.94. The van der Waals surface area contributed by atoms with Crippen molar-refractivity contribution in [3.63, 3.8) is 0 Å². The Labute approximate surface area is 213 Å². The number of nitrogens with zero attached hydrogens (tertiary/aromatic N) is 6. The smallest absolute Gasteiger partial charge is 0.225 e. The molecule has 176 valence electrons. The van der Waals surface area contributed by atoms with Gasteiger partial charge in [-0.2, -0.15) is 5.01 Å². The lowest BCUT2D eigenvalue weighted by Gasteiger charge is -2.57. The van der Waals surface area contributed by atoms with Crippen LogP contribution >= 0.6 is 22.9 Å². The molecule has 0 N–H and O–H groups in total. The van der Waals surface area contributed by atoms with Crippen molar-refractivity contribution in [3.8, 4) is 10.6 Å². The van der Waals surface area contributed by atoms with Crippen molar-refractivity contribution in [1.29, 1.82) is 0 Å². The van der Waals surface area contributed by atoms with Crippen LogP contribution in [0, 0.1) is 0 Å². The lowest BCUT2D eigenvalue weighted by atomic mass is 9.74. The molecule has 3 aromatic rings. The molecule has 1 aliphatic carbocycles. The van der Waals surface area contributed by atoms with Crippen LogP contribution in [0.15, 0.2) is 76.1 Å². The minimum Gasteiger partial charge on any atom is -0.301 e. The summed E-state index contributed by atoms with van der Waals surface area (Å²) in [5, 5.41) is 6.38. The zero-order valence-electron chi connectivity index (χ0n) is 19.3. The SMILES string of the molecule is Clc1cc2ccc(-c3cccs3)nc2cc1N(C1(CN2CCC2)CCC1)[N+]12C=CN=CC1=CN=C2. The molecule has 7 rings (SSSR count). The number of pyridine rings is 1. The summed E-state index contributed by atoms with van der Waals surface area (Å²) in [6.07, 6.45) is 14.6. The van der Waals surface area contributed by atoms with Crippen LogP contribution in [0.4, 0.5) is 5.69 Å². The van der Waals surface area contributed by atoms with Crippen LogP contribution in [0.3, 0.4) is 0 Å². The average molecular weight is 502 g/mol. The second-order valence-electron chi connectivity index (χ2n) is 9.82. The highest BCUT2D eigenvalue weighted by Crippen LogP contribution is 2.49. The Bertz CT molecular complexity index is 1420. The number of anilines is 1. The van der Waals surface area contributed by atoms with Gasteiger partial charge in [0.05, 0.1) is 39.7 Å². The summed E-state index contributed by atoms with van der Waals surface area (Å²) < 4.78 is 0.382. The maximum absolute atomic E-state index is 7.10. The summed E-state index contributed by atoms with van der Waals surface area (Å²) in [5.41, 5.74) is 3.92. The summed E-state index contributed by atoms with van der Waals surface area (Å²) >= 11 is 8.81. The predicted octanol–water partition coefficient (Wildman–Crippen LogP) is 6.22. The second kappa shape index (κ2) is 8.10. The maximum Gasteiger partial charge on any atom is 0.225 e. The highest BCUT2D eigenvalue weighted by Gasteiger charge is 2.56. The molecule has 1 unspecified atom stereocenters. The Morgan fingerprint density at radius 1 is 1.11 bits per heavy atom. The number of halogens is 1. The molecule has 1 aromatic carbocycles. The number of quaternary nitrogens is 1. The Kier molecular flexibility index (Phi) is 4.96. The number of benzene rings is 1. The Morgan fingerprint density at radius 3 is 2.77 bits per heavy atom. The number of hydrogen-bond acceptors (Lipinski definition) is 6. The minimum absolute atomic E-state index is 0.0476. The van der Waals surface area contributed by atoms with E-state index in [-0.39, 0.29) is 5.54 Å². The second-order valence-corrected chi connectivity index (χ2v) is 11.2. The van der Waals surface area contributed by atoms with E-state index in [2.05, 4.69) is 67.9 Å². The van der Waals surface area contributed by atoms with Crippen LogP contribution < -0.4 is 5.01 Å². The fourth-order valence-electron chi connectivity index (χ4n) is 5.73. The first-order valence-electron chi connectivity index (χ1n) is 12.2. The number of allylic oxidation sites excluding steroid dienone is 1. The van der Waals surface area contributed by atoms with Gasteiger partial charge in [-0.15, -0.1) is 15.9 Å². The van der Waals surface area contributed by atoms with E-state index in [9.17, 15) is 0 Å². The van der Waals surface area contributed by atoms with Gasteiger partial charge in [0, 0.05) is 11.9 Å². The first kappa shape index (κ1) is 21.4. The molecule has 1 atom stereocenters. The zero-order chi connectivity index (χ0) is 23.5. The number of aliphatic imine (C=N–C) groups is 2. The Hall–Kier alpha value is -2.84. The van der Waals surface area contributed by atoms with E-state index in [4.69, 9.17) is 16.6 Å². The first-order valence-corrected chi connectivity index (χ1v) is 13.4. The van der Waals surface area contributed by atoms with E-state index in [0.717, 1.165) is 52.4 Å². The largest absolute Gasteiger partial charge is 0.301 e. The molecule has 0 spiro atoms. The number of likely N-dealkylation sites (tertiary alicyclic amines) is 1. The van der Waals surface area contributed by atoms with Crippen LogP contribution in [0.25, 0.3) is 21.5 Å². The molecular formula is C27H26ClN6S+. The highest BCUT2D eigenvalue weighted by molar-refractivity contribution is 7.13. The van der Waals surface area contributed by atoms with E-state index in [1.807, 2.05) is 25.0 Å². The van der Waals surface area contributed by atoms with E-state index in [1.165, 1.54) is 30.8 Å². The molecule has 3 aliphatic heterocycles. The molecule has 2 aromatic heterocycles. The van der Waals surface area contributed by atoms with Crippen molar-refractivity contribution in [1.82, 2.24) is 9.88 Å². The standard InChI is InChI=1S/C27H26ClN6S/c28-22-14-20-5-6-23(26-4-1-13-35-26)31-24(20)15-25(22)33(27(7-2-8-27)18-32-10-3-11-32)34-12-9-29-16-21(34)17-30-19-34/h1,4-6,9,12-17,19H,2-3,7-8,10-11,18H2/q+1. The van der Waals surface area contributed by atoms with Gasteiger partial charge >= 0.3 is 0 Å². The fourth-order valence-corrected chi connectivity index (χ4v) is 6.68. The van der Waals surface area contributed by atoms with Gasteiger partial charge in [-0.05, 0) is 68.4 Å². The van der Waals surface area contributed by atoms with E-state index >= 15 is 0 Å².